The van der Waals surface area contributed by atoms with Gasteiger partial charge < -0.3 is 10.1 Å². The van der Waals surface area contributed by atoms with E-state index < -0.39 is 4.92 Å². The Kier molecular flexibility index (Phi) is 4.42. The first-order chi connectivity index (χ1) is 9.99. The van der Waals surface area contributed by atoms with E-state index in [4.69, 9.17) is 4.74 Å². The molecule has 0 heterocycles. The van der Waals surface area contributed by atoms with Crippen LogP contribution in [-0.2, 0) is 6.54 Å². The van der Waals surface area contributed by atoms with Crippen LogP contribution >= 0.6 is 0 Å². The Hall–Kier alpha value is -2.56. The zero-order valence-electron chi connectivity index (χ0n) is 12.3. The van der Waals surface area contributed by atoms with Gasteiger partial charge in [-0.2, -0.15) is 0 Å². The minimum atomic E-state index is -0.431. The van der Waals surface area contributed by atoms with Crippen LogP contribution in [-0.4, -0.2) is 12.0 Å². The Morgan fingerprint density at radius 3 is 2.38 bits per heavy atom. The first-order valence-corrected chi connectivity index (χ1v) is 6.63. The molecule has 0 spiro atoms. The highest BCUT2D eigenvalue weighted by atomic mass is 16.6. The van der Waals surface area contributed by atoms with E-state index in [0.29, 0.717) is 6.54 Å². The van der Waals surface area contributed by atoms with Gasteiger partial charge in [0.1, 0.15) is 0 Å². The van der Waals surface area contributed by atoms with Gasteiger partial charge in [-0.15, -0.1) is 0 Å². The molecule has 0 unspecified atom stereocenters. The molecule has 21 heavy (non-hydrogen) atoms. The van der Waals surface area contributed by atoms with Gasteiger partial charge in [0.05, 0.1) is 12.0 Å². The maximum atomic E-state index is 11.0. The fourth-order valence-electron chi connectivity index (χ4n) is 2.27. The number of methoxy groups -OCH3 is 1. The number of benzene rings is 2. The van der Waals surface area contributed by atoms with Crippen LogP contribution in [0, 0.1) is 24.0 Å². The van der Waals surface area contributed by atoms with Crippen LogP contribution in [0.25, 0.3) is 0 Å². The van der Waals surface area contributed by atoms with Gasteiger partial charge in [-0.1, -0.05) is 12.1 Å². The highest BCUT2D eigenvalue weighted by Gasteiger charge is 2.14. The summed E-state index contributed by atoms with van der Waals surface area (Å²) in [5.41, 5.74) is 4.18. The molecule has 110 valence electrons. The molecule has 0 aromatic heterocycles. The monoisotopic (exact) mass is 286 g/mol. The lowest BCUT2D eigenvalue weighted by Crippen LogP contribution is -2.02. The first kappa shape index (κ1) is 14.8. The summed E-state index contributed by atoms with van der Waals surface area (Å²) in [7, 11) is 1.43. The lowest BCUT2D eigenvalue weighted by atomic mass is 10.1. The highest BCUT2D eigenvalue weighted by molar-refractivity contribution is 5.51. The molecule has 0 aliphatic rings. The van der Waals surface area contributed by atoms with E-state index in [9.17, 15) is 10.1 Å². The zero-order chi connectivity index (χ0) is 15.4. The third-order valence-corrected chi connectivity index (χ3v) is 3.16. The number of hydrogen-bond donors (Lipinski definition) is 1. The summed E-state index contributed by atoms with van der Waals surface area (Å²) in [5.74, 6) is 0.273. The number of nitro groups is 1. The maximum absolute atomic E-state index is 11.0. The Labute approximate surface area is 123 Å². The summed E-state index contributed by atoms with van der Waals surface area (Å²) >= 11 is 0. The van der Waals surface area contributed by atoms with Crippen molar-refractivity contribution in [1.29, 1.82) is 0 Å². The minimum absolute atomic E-state index is 0.0165. The molecule has 0 amide bonds. The lowest BCUT2D eigenvalue weighted by molar-refractivity contribution is -0.385. The molecule has 0 atom stereocenters. The Balaban J connectivity index is 2.16. The molecule has 2 rings (SSSR count). The molecular formula is C16H18N2O3. The molecule has 0 saturated heterocycles. The molecule has 5 nitrogen and oxygen atoms in total. The standard InChI is InChI=1S/C16H18N2O3/c1-11-6-12(2)8-14(7-11)17-10-13-4-5-16(21-3)15(9-13)18(19)20/h4-9,17H,10H2,1-3H3. The largest absolute Gasteiger partial charge is 0.490 e. The summed E-state index contributed by atoms with van der Waals surface area (Å²) < 4.78 is 4.99. The molecule has 1 N–H and O–H groups in total. The first-order valence-electron chi connectivity index (χ1n) is 6.63. The molecule has 0 fully saturated rings. The summed E-state index contributed by atoms with van der Waals surface area (Å²) in [6.07, 6.45) is 0. The van der Waals surface area contributed by atoms with E-state index >= 15 is 0 Å². The average molecular weight is 286 g/mol. The van der Waals surface area contributed by atoms with E-state index in [1.165, 1.54) is 24.3 Å². The van der Waals surface area contributed by atoms with Crippen molar-refractivity contribution in [2.45, 2.75) is 20.4 Å². The van der Waals surface area contributed by atoms with Crippen LogP contribution in [0.3, 0.4) is 0 Å². The maximum Gasteiger partial charge on any atom is 0.311 e. The van der Waals surface area contributed by atoms with E-state index in [1.807, 2.05) is 32.0 Å². The number of ether oxygens (including phenoxy) is 1. The number of nitro benzene ring substituents is 1. The van der Waals surface area contributed by atoms with Crippen LogP contribution in [0.15, 0.2) is 36.4 Å². The summed E-state index contributed by atoms with van der Waals surface area (Å²) in [6, 6.07) is 11.2. The van der Waals surface area contributed by atoms with E-state index in [2.05, 4.69) is 11.4 Å². The van der Waals surface area contributed by atoms with Crippen LogP contribution in [0.5, 0.6) is 5.75 Å². The number of hydrogen-bond acceptors (Lipinski definition) is 4. The molecule has 0 bridgehead atoms. The molecule has 5 heteroatoms. The van der Waals surface area contributed by atoms with Crippen LogP contribution in [0.4, 0.5) is 11.4 Å². The predicted molar refractivity (Wildman–Crippen MR) is 82.9 cm³/mol. The molecular weight excluding hydrogens is 268 g/mol. The molecule has 0 aliphatic carbocycles. The van der Waals surface area contributed by atoms with Gasteiger partial charge in [0.15, 0.2) is 5.75 Å². The average Bonchev–Trinajstić information content (AvgIpc) is 2.43. The second kappa shape index (κ2) is 6.26. The van der Waals surface area contributed by atoms with Gasteiger partial charge in [0.2, 0.25) is 0 Å². The number of anilines is 1. The normalized spacial score (nSPS) is 10.2. The molecule has 2 aromatic rings. The lowest BCUT2D eigenvalue weighted by Gasteiger charge is -2.09. The van der Waals surface area contributed by atoms with Crippen molar-refractivity contribution in [3.63, 3.8) is 0 Å². The quantitative estimate of drug-likeness (QED) is 0.670. The summed E-state index contributed by atoms with van der Waals surface area (Å²) in [5, 5.41) is 14.3. The number of nitrogens with zero attached hydrogens (tertiary/aromatic N) is 1. The van der Waals surface area contributed by atoms with Crippen molar-refractivity contribution in [3.05, 3.63) is 63.2 Å². The number of aryl methyl sites for hydroxylation is 2. The van der Waals surface area contributed by atoms with Crippen molar-refractivity contribution in [2.24, 2.45) is 0 Å². The van der Waals surface area contributed by atoms with Crippen molar-refractivity contribution < 1.29 is 9.66 Å². The van der Waals surface area contributed by atoms with E-state index in [1.54, 1.807) is 6.07 Å². The van der Waals surface area contributed by atoms with Crippen molar-refractivity contribution in [2.75, 3.05) is 12.4 Å². The molecule has 2 aromatic carbocycles. The Bertz CT molecular complexity index is 648. The minimum Gasteiger partial charge on any atom is -0.490 e. The predicted octanol–water partition coefficient (Wildman–Crippen LogP) is 3.83. The SMILES string of the molecule is COc1ccc(CNc2cc(C)cc(C)c2)cc1[N+](=O)[O-]. The zero-order valence-corrected chi connectivity index (χ0v) is 12.3. The Morgan fingerprint density at radius 2 is 1.81 bits per heavy atom. The fraction of sp³-hybridized carbons (Fsp3) is 0.250. The molecule has 0 aliphatic heterocycles. The summed E-state index contributed by atoms with van der Waals surface area (Å²) in [4.78, 5) is 10.6. The van der Waals surface area contributed by atoms with Gasteiger partial charge >= 0.3 is 5.69 Å². The smallest absolute Gasteiger partial charge is 0.311 e. The van der Waals surface area contributed by atoms with Crippen molar-refractivity contribution in [3.8, 4) is 5.75 Å². The number of rotatable bonds is 5. The fourth-order valence-corrected chi connectivity index (χ4v) is 2.27. The molecule has 0 radical (unpaired) electrons. The van der Waals surface area contributed by atoms with Crippen molar-refractivity contribution in [1.82, 2.24) is 0 Å². The van der Waals surface area contributed by atoms with E-state index in [0.717, 1.165) is 11.3 Å². The van der Waals surface area contributed by atoms with Gasteiger partial charge in [-0.25, -0.2) is 0 Å². The van der Waals surface area contributed by atoms with E-state index in [-0.39, 0.29) is 11.4 Å². The van der Waals surface area contributed by atoms with Gasteiger partial charge in [-0.05, 0) is 48.7 Å². The second-order valence-corrected chi connectivity index (χ2v) is 4.99. The Morgan fingerprint density at radius 1 is 1.14 bits per heavy atom. The van der Waals surface area contributed by atoms with Crippen molar-refractivity contribution >= 4 is 11.4 Å². The third kappa shape index (κ3) is 3.72. The van der Waals surface area contributed by atoms with Gasteiger partial charge in [0.25, 0.3) is 0 Å². The van der Waals surface area contributed by atoms with Crippen LogP contribution in [0.2, 0.25) is 0 Å². The topological polar surface area (TPSA) is 64.4 Å². The number of nitrogens with one attached hydrogen (secondary N) is 1. The van der Waals surface area contributed by atoms with Gasteiger partial charge in [-0.3, -0.25) is 10.1 Å². The van der Waals surface area contributed by atoms with Gasteiger partial charge in [0, 0.05) is 18.3 Å². The molecule has 0 saturated carbocycles. The second-order valence-electron chi connectivity index (χ2n) is 4.99. The van der Waals surface area contributed by atoms with Crippen LogP contribution < -0.4 is 10.1 Å². The third-order valence-electron chi connectivity index (χ3n) is 3.16. The summed E-state index contributed by atoms with van der Waals surface area (Å²) in [6.45, 7) is 4.60. The van der Waals surface area contributed by atoms with Crippen LogP contribution in [0.1, 0.15) is 16.7 Å². The highest BCUT2D eigenvalue weighted by Crippen LogP contribution is 2.27.